The molecule has 0 aliphatic heterocycles. The molecule has 2 rings (SSSR count). The molecule has 0 atom stereocenters. The van der Waals surface area contributed by atoms with E-state index >= 15 is 0 Å². The van der Waals surface area contributed by atoms with Crippen molar-refractivity contribution < 1.29 is 17.0 Å². The second-order valence-corrected chi connectivity index (χ2v) is 4.99. The van der Waals surface area contributed by atoms with Crippen LogP contribution in [0.2, 0.25) is 0 Å². The first-order chi connectivity index (χ1) is 9.03. The molecule has 3 nitrogen and oxygen atoms in total. The summed E-state index contributed by atoms with van der Waals surface area (Å²) in [7, 11) is -4.59. The standard InChI is InChI=1S/C14H11FO3S/c15-19(16,17)11-10-12-6-8-14(9-7-12)18-13-4-2-1-3-5-13/h1-11H/b11-10+. The molecule has 0 spiro atoms. The van der Waals surface area contributed by atoms with Crippen molar-refractivity contribution in [3.05, 3.63) is 65.6 Å². The van der Waals surface area contributed by atoms with Crippen LogP contribution in [0, 0.1) is 0 Å². The third-order valence-electron chi connectivity index (χ3n) is 2.28. The molecule has 0 radical (unpaired) electrons. The molecule has 0 saturated heterocycles. The van der Waals surface area contributed by atoms with E-state index in [9.17, 15) is 12.3 Å². The normalized spacial score (nSPS) is 11.6. The minimum Gasteiger partial charge on any atom is -0.457 e. The predicted octanol–water partition coefficient (Wildman–Crippen LogP) is 3.75. The predicted molar refractivity (Wildman–Crippen MR) is 72.0 cm³/mol. The van der Waals surface area contributed by atoms with Gasteiger partial charge in [-0.05, 0) is 35.9 Å². The van der Waals surface area contributed by atoms with E-state index in [0.29, 0.717) is 22.5 Å². The van der Waals surface area contributed by atoms with Crippen molar-refractivity contribution in [2.75, 3.05) is 0 Å². The van der Waals surface area contributed by atoms with Crippen molar-refractivity contribution >= 4 is 16.3 Å². The van der Waals surface area contributed by atoms with E-state index in [4.69, 9.17) is 4.74 Å². The van der Waals surface area contributed by atoms with Crippen LogP contribution in [-0.4, -0.2) is 8.42 Å². The molecule has 0 fully saturated rings. The lowest BCUT2D eigenvalue weighted by molar-refractivity contribution is 0.482. The monoisotopic (exact) mass is 278 g/mol. The Morgan fingerprint density at radius 3 is 2.05 bits per heavy atom. The first-order valence-corrected chi connectivity index (χ1v) is 6.93. The highest BCUT2D eigenvalue weighted by Crippen LogP contribution is 2.21. The summed E-state index contributed by atoms with van der Waals surface area (Å²) in [5.74, 6) is 1.32. The lowest BCUT2D eigenvalue weighted by Crippen LogP contribution is -1.84. The first kappa shape index (κ1) is 13.3. The van der Waals surface area contributed by atoms with E-state index < -0.39 is 10.2 Å². The lowest BCUT2D eigenvalue weighted by atomic mass is 10.2. The zero-order chi connectivity index (χ0) is 13.7. The molecule has 2 aromatic rings. The first-order valence-electron chi connectivity index (χ1n) is 5.49. The van der Waals surface area contributed by atoms with Crippen LogP contribution in [-0.2, 0) is 10.2 Å². The largest absolute Gasteiger partial charge is 0.457 e. The highest BCUT2D eigenvalue weighted by atomic mass is 32.3. The zero-order valence-electron chi connectivity index (χ0n) is 9.86. The fraction of sp³-hybridized carbons (Fsp3) is 0. The van der Waals surface area contributed by atoms with Gasteiger partial charge in [-0.3, -0.25) is 0 Å². The number of hydrogen-bond acceptors (Lipinski definition) is 3. The van der Waals surface area contributed by atoms with E-state index in [1.54, 1.807) is 24.3 Å². The van der Waals surface area contributed by atoms with E-state index in [2.05, 4.69) is 0 Å². The number of hydrogen-bond donors (Lipinski definition) is 0. The van der Waals surface area contributed by atoms with Crippen LogP contribution >= 0.6 is 0 Å². The average Bonchev–Trinajstić information content (AvgIpc) is 2.38. The Kier molecular flexibility index (Phi) is 3.97. The number of rotatable bonds is 4. The molecule has 98 valence electrons. The van der Waals surface area contributed by atoms with Crippen LogP contribution in [0.15, 0.2) is 60.0 Å². The Labute approximate surface area is 111 Å². The molecule has 0 amide bonds. The van der Waals surface area contributed by atoms with Gasteiger partial charge in [-0.1, -0.05) is 30.3 Å². The highest BCUT2D eigenvalue weighted by Gasteiger charge is 1.99. The van der Waals surface area contributed by atoms with Crippen molar-refractivity contribution in [3.8, 4) is 11.5 Å². The molecular weight excluding hydrogens is 267 g/mol. The number of ether oxygens (including phenoxy) is 1. The van der Waals surface area contributed by atoms with Gasteiger partial charge in [-0.25, -0.2) is 0 Å². The highest BCUT2D eigenvalue weighted by molar-refractivity contribution is 7.89. The van der Waals surface area contributed by atoms with Gasteiger partial charge in [0.1, 0.15) is 11.5 Å². The van der Waals surface area contributed by atoms with Crippen LogP contribution in [0.5, 0.6) is 11.5 Å². The molecular formula is C14H11FO3S. The smallest absolute Gasteiger partial charge is 0.325 e. The number of halogens is 1. The molecule has 5 heteroatoms. The summed E-state index contributed by atoms with van der Waals surface area (Å²) in [6.07, 6.45) is 1.18. The Bertz CT molecular complexity index is 662. The third-order valence-corrected chi connectivity index (χ3v) is 2.74. The third kappa shape index (κ3) is 4.56. The van der Waals surface area contributed by atoms with Crippen molar-refractivity contribution in [1.29, 1.82) is 0 Å². The Hall–Kier alpha value is -2.14. The molecule has 19 heavy (non-hydrogen) atoms. The maximum absolute atomic E-state index is 12.3. The van der Waals surface area contributed by atoms with Gasteiger partial charge < -0.3 is 4.74 Å². The van der Waals surface area contributed by atoms with Gasteiger partial charge >= 0.3 is 10.2 Å². The number of benzene rings is 2. The summed E-state index contributed by atoms with van der Waals surface area (Å²) in [5.41, 5.74) is 0.571. The minimum atomic E-state index is -4.59. The van der Waals surface area contributed by atoms with Crippen molar-refractivity contribution in [2.24, 2.45) is 0 Å². The Morgan fingerprint density at radius 2 is 1.47 bits per heavy atom. The molecule has 0 unspecified atom stereocenters. The van der Waals surface area contributed by atoms with Crippen LogP contribution in [0.25, 0.3) is 6.08 Å². The zero-order valence-corrected chi connectivity index (χ0v) is 10.7. The van der Waals surface area contributed by atoms with Crippen LogP contribution < -0.4 is 4.74 Å². The summed E-state index contributed by atoms with van der Waals surface area (Å²) in [6.45, 7) is 0. The van der Waals surface area contributed by atoms with E-state index in [1.165, 1.54) is 6.08 Å². The van der Waals surface area contributed by atoms with Gasteiger partial charge in [0.2, 0.25) is 0 Å². The minimum absolute atomic E-state index is 0.514. The van der Waals surface area contributed by atoms with Gasteiger partial charge in [0.25, 0.3) is 0 Å². The van der Waals surface area contributed by atoms with E-state index in [1.807, 2.05) is 30.3 Å². The molecule has 0 N–H and O–H groups in total. The van der Waals surface area contributed by atoms with Crippen molar-refractivity contribution in [3.63, 3.8) is 0 Å². The quantitative estimate of drug-likeness (QED) is 0.800. The van der Waals surface area contributed by atoms with E-state index in [0.717, 1.165) is 0 Å². The van der Waals surface area contributed by atoms with Gasteiger partial charge in [0.15, 0.2) is 0 Å². The van der Waals surface area contributed by atoms with Crippen molar-refractivity contribution in [2.45, 2.75) is 0 Å². The Morgan fingerprint density at radius 1 is 0.895 bits per heavy atom. The van der Waals surface area contributed by atoms with Crippen LogP contribution in [0.3, 0.4) is 0 Å². The molecule has 0 aromatic heterocycles. The molecule has 0 aliphatic carbocycles. The molecule has 0 heterocycles. The molecule has 2 aromatic carbocycles. The second kappa shape index (κ2) is 5.67. The molecule has 0 saturated carbocycles. The van der Waals surface area contributed by atoms with Gasteiger partial charge in [-0.2, -0.15) is 8.42 Å². The second-order valence-electron chi connectivity index (χ2n) is 3.76. The van der Waals surface area contributed by atoms with Gasteiger partial charge in [-0.15, -0.1) is 3.89 Å². The summed E-state index contributed by atoms with van der Waals surface area (Å²) in [6, 6.07) is 15.9. The summed E-state index contributed by atoms with van der Waals surface area (Å²) >= 11 is 0. The van der Waals surface area contributed by atoms with Crippen molar-refractivity contribution in [1.82, 2.24) is 0 Å². The number of para-hydroxylation sites is 1. The fourth-order valence-electron chi connectivity index (χ4n) is 1.43. The fourth-order valence-corrected chi connectivity index (χ4v) is 1.75. The molecule has 0 bridgehead atoms. The van der Waals surface area contributed by atoms with Crippen LogP contribution in [0.1, 0.15) is 5.56 Å². The summed E-state index contributed by atoms with van der Waals surface area (Å²) < 4.78 is 38.5. The van der Waals surface area contributed by atoms with Gasteiger partial charge in [0, 0.05) is 0 Å². The van der Waals surface area contributed by atoms with Gasteiger partial charge in [0.05, 0.1) is 5.41 Å². The molecule has 0 aliphatic rings. The van der Waals surface area contributed by atoms with Crippen LogP contribution in [0.4, 0.5) is 3.89 Å². The van der Waals surface area contributed by atoms with E-state index in [-0.39, 0.29) is 0 Å². The topological polar surface area (TPSA) is 43.4 Å². The summed E-state index contributed by atoms with van der Waals surface area (Å²) in [4.78, 5) is 0. The SMILES string of the molecule is O=S(=O)(F)/C=C/c1ccc(Oc2ccccc2)cc1. The average molecular weight is 278 g/mol. The Balaban J connectivity index is 2.09. The lowest BCUT2D eigenvalue weighted by Gasteiger charge is -2.05. The summed E-state index contributed by atoms with van der Waals surface area (Å²) in [5, 5.41) is 0.514. The maximum Gasteiger partial charge on any atom is 0.325 e. The maximum atomic E-state index is 12.3.